The van der Waals surface area contributed by atoms with Gasteiger partial charge in [0.15, 0.2) is 0 Å². The first kappa shape index (κ1) is 27.8. The lowest BCUT2D eigenvalue weighted by Gasteiger charge is -2.33. The normalized spacial score (nSPS) is 22.3. The van der Waals surface area contributed by atoms with E-state index in [0.29, 0.717) is 29.6 Å². The molecule has 3 N–H and O–H groups in total. The number of fused-ring (bicyclic) bond motifs is 1. The van der Waals surface area contributed by atoms with Gasteiger partial charge in [0.05, 0.1) is 35.0 Å². The van der Waals surface area contributed by atoms with Gasteiger partial charge in [-0.3, -0.25) is 9.00 Å². The molecule has 2 aromatic rings. The second-order valence-electron chi connectivity index (χ2n) is 9.78. The van der Waals surface area contributed by atoms with Gasteiger partial charge in [0, 0.05) is 4.90 Å². The van der Waals surface area contributed by atoms with Crippen molar-refractivity contribution in [2.75, 3.05) is 12.0 Å². The zero-order valence-corrected chi connectivity index (χ0v) is 22.4. The van der Waals surface area contributed by atoms with E-state index in [4.69, 9.17) is 0 Å². The summed E-state index contributed by atoms with van der Waals surface area (Å²) in [4.78, 5) is 13.7. The Hall–Kier alpha value is -1.81. The summed E-state index contributed by atoms with van der Waals surface area (Å²) in [7, 11) is -5.37. The van der Waals surface area contributed by atoms with Crippen LogP contribution in [0.2, 0.25) is 0 Å². The lowest BCUT2D eigenvalue weighted by Crippen LogP contribution is -2.54. The highest BCUT2D eigenvalue weighted by Crippen LogP contribution is 2.33. The van der Waals surface area contributed by atoms with Crippen molar-refractivity contribution in [1.29, 1.82) is 0 Å². The van der Waals surface area contributed by atoms with Crippen LogP contribution in [0.1, 0.15) is 52.4 Å². The molecule has 1 aliphatic rings. The predicted molar refractivity (Wildman–Crippen MR) is 141 cm³/mol. The molecular weight excluding hydrogens is 484 g/mol. The maximum Gasteiger partial charge on any atom is 0.239 e. The van der Waals surface area contributed by atoms with Crippen LogP contribution in [-0.2, 0) is 25.6 Å². The first-order valence-corrected chi connectivity index (χ1v) is 15.6. The Labute approximate surface area is 211 Å². The molecule has 0 bridgehead atoms. The summed E-state index contributed by atoms with van der Waals surface area (Å²) in [6.45, 7) is 4.09. The molecule has 194 valence electrons. The minimum absolute atomic E-state index is 0.209. The van der Waals surface area contributed by atoms with Gasteiger partial charge in [-0.2, -0.15) is 0 Å². The third-order valence-electron chi connectivity index (χ3n) is 7.05. The number of aliphatic hydroxyl groups excluding tert-OH is 1. The first-order valence-electron chi connectivity index (χ1n) is 12.4. The highest BCUT2D eigenvalue weighted by Gasteiger charge is 2.31. The van der Waals surface area contributed by atoms with E-state index >= 15 is 0 Å². The second-order valence-corrected chi connectivity index (χ2v) is 13.0. The van der Waals surface area contributed by atoms with Gasteiger partial charge in [-0.1, -0.05) is 75.9 Å². The summed E-state index contributed by atoms with van der Waals surface area (Å²) in [5.41, 5.74) is 0. The van der Waals surface area contributed by atoms with Crippen LogP contribution in [0.25, 0.3) is 10.8 Å². The van der Waals surface area contributed by atoms with Crippen LogP contribution in [-0.4, -0.2) is 53.8 Å². The van der Waals surface area contributed by atoms with Crippen molar-refractivity contribution in [3.63, 3.8) is 0 Å². The van der Waals surface area contributed by atoms with Crippen LogP contribution < -0.4 is 10.0 Å². The number of sulfonamides is 1. The number of rotatable bonds is 11. The van der Waals surface area contributed by atoms with Crippen molar-refractivity contribution in [2.24, 2.45) is 11.8 Å². The predicted octanol–water partition coefficient (Wildman–Crippen LogP) is 3.34. The molecule has 0 radical (unpaired) electrons. The molecule has 6 atom stereocenters. The first-order chi connectivity index (χ1) is 16.6. The molecule has 0 saturated heterocycles. The van der Waals surface area contributed by atoms with Crippen LogP contribution in [0.4, 0.5) is 0 Å². The van der Waals surface area contributed by atoms with E-state index in [9.17, 15) is 22.5 Å². The van der Waals surface area contributed by atoms with Crippen molar-refractivity contribution < 1.29 is 22.5 Å². The minimum atomic E-state index is -3.74. The van der Waals surface area contributed by atoms with E-state index in [-0.39, 0.29) is 5.75 Å². The van der Waals surface area contributed by atoms with Gasteiger partial charge in [0.25, 0.3) is 0 Å². The minimum Gasteiger partial charge on any atom is -0.391 e. The lowest BCUT2D eigenvalue weighted by molar-refractivity contribution is -0.124. The van der Waals surface area contributed by atoms with E-state index < -0.39 is 44.9 Å². The monoisotopic (exact) mass is 522 g/mol. The average molecular weight is 523 g/mol. The molecule has 3 unspecified atom stereocenters. The van der Waals surface area contributed by atoms with Crippen LogP contribution in [0.3, 0.4) is 0 Å². The topological polar surface area (TPSA) is 113 Å². The van der Waals surface area contributed by atoms with Gasteiger partial charge in [-0.05, 0) is 41.5 Å². The van der Waals surface area contributed by atoms with Gasteiger partial charge in [0.1, 0.15) is 6.04 Å². The number of carbonyl (C=O) groups is 1. The van der Waals surface area contributed by atoms with E-state index in [1.807, 2.05) is 37.3 Å². The van der Waals surface area contributed by atoms with E-state index in [1.165, 1.54) is 6.42 Å². The van der Waals surface area contributed by atoms with Crippen LogP contribution in [0.15, 0.2) is 47.4 Å². The molecule has 1 fully saturated rings. The van der Waals surface area contributed by atoms with Crippen LogP contribution in [0, 0.1) is 11.8 Å². The molecule has 2 aromatic carbocycles. The summed E-state index contributed by atoms with van der Waals surface area (Å²) in [6.07, 6.45) is 5.96. The molecule has 0 heterocycles. The van der Waals surface area contributed by atoms with E-state index in [1.54, 1.807) is 12.1 Å². The van der Waals surface area contributed by atoms with Gasteiger partial charge in [0.2, 0.25) is 15.9 Å². The van der Waals surface area contributed by atoms with Gasteiger partial charge < -0.3 is 10.4 Å². The average Bonchev–Trinajstić information content (AvgIpc) is 2.82. The third-order valence-corrected chi connectivity index (χ3v) is 9.25. The standard InChI is InChI=1S/C26H38N2O5S2/c1-4-22(24(29)16-20-12-6-5-10-18(20)2)27-26(30)23(28-35(3,32)33)17-34(31)25-15-9-13-19-11-7-8-14-21(19)25/h7-9,11,13-15,18,20,22-24,28-29H,4-6,10,12,16-17H2,1-3H3,(H,27,30)/t18?,20?,22-,23+,24+,34?/m0/s1. The van der Waals surface area contributed by atoms with Crippen LogP contribution >= 0.6 is 0 Å². The Morgan fingerprint density at radius 2 is 1.83 bits per heavy atom. The zero-order chi connectivity index (χ0) is 25.6. The summed E-state index contributed by atoms with van der Waals surface area (Å²) in [6, 6.07) is 11.2. The van der Waals surface area contributed by atoms with Crippen LogP contribution in [0.5, 0.6) is 0 Å². The molecule has 35 heavy (non-hydrogen) atoms. The Morgan fingerprint density at radius 3 is 2.51 bits per heavy atom. The van der Waals surface area contributed by atoms with Gasteiger partial charge in [-0.25, -0.2) is 13.1 Å². The number of benzene rings is 2. The molecular formula is C26H38N2O5S2. The van der Waals surface area contributed by atoms with Crippen molar-refractivity contribution in [3.8, 4) is 0 Å². The highest BCUT2D eigenvalue weighted by atomic mass is 32.2. The SMILES string of the molecule is CC[C@H](NC(=O)[C@@H](CS(=O)c1cccc2ccccc12)NS(C)(=O)=O)[C@H](O)CC1CCCCC1C. The summed E-state index contributed by atoms with van der Waals surface area (Å²) < 4.78 is 39.7. The highest BCUT2D eigenvalue weighted by molar-refractivity contribution is 7.89. The summed E-state index contributed by atoms with van der Waals surface area (Å²) in [5.74, 6) is 0.161. The molecule has 3 rings (SSSR count). The molecule has 0 aliphatic heterocycles. The molecule has 1 saturated carbocycles. The molecule has 1 amide bonds. The van der Waals surface area contributed by atoms with Gasteiger partial charge >= 0.3 is 0 Å². The summed E-state index contributed by atoms with van der Waals surface area (Å²) >= 11 is 0. The van der Waals surface area contributed by atoms with Crippen molar-refractivity contribution >= 4 is 37.5 Å². The number of hydrogen-bond acceptors (Lipinski definition) is 5. The molecule has 1 aliphatic carbocycles. The quantitative estimate of drug-likeness (QED) is 0.419. The second kappa shape index (κ2) is 12.4. The fourth-order valence-electron chi connectivity index (χ4n) is 5.03. The van der Waals surface area contributed by atoms with Crippen molar-refractivity contribution in [2.45, 2.75) is 75.5 Å². The fourth-order valence-corrected chi connectivity index (χ4v) is 7.22. The number of aliphatic hydroxyl groups is 1. The fraction of sp³-hybridized carbons (Fsp3) is 0.577. The number of hydrogen-bond donors (Lipinski definition) is 3. The Morgan fingerprint density at radius 1 is 1.14 bits per heavy atom. The molecule has 7 nitrogen and oxygen atoms in total. The van der Waals surface area contributed by atoms with E-state index in [0.717, 1.165) is 36.3 Å². The third kappa shape index (κ3) is 7.84. The number of carbonyl (C=O) groups excluding carboxylic acids is 1. The zero-order valence-electron chi connectivity index (χ0n) is 20.8. The maximum atomic E-state index is 13.3. The largest absolute Gasteiger partial charge is 0.391 e. The van der Waals surface area contributed by atoms with Gasteiger partial charge in [-0.15, -0.1) is 0 Å². The molecule has 0 spiro atoms. The molecule has 9 heteroatoms. The number of amides is 1. The van der Waals surface area contributed by atoms with E-state index in [2.05, 4.69) is 17.0 Å². The maximum absolute atomic E-state index is 13.3. The molecule has 0 aromatic heterocycles. The lowest BCUT2D eigenvalue weighted by atomic mass is 9.76. The Balaban J connectivity index is 1.74. The summed E-state index contributed by atoms with van der Waals surface area (Å²) in [5, 5.41) is 15.5. The Bertz CT molecular complexity index is 1130. The number of nitrogens with one attached hydrogen (secondary N) is 2. The smallest absolute Gasteiger partial charge is 0.239 e. The van der Waals surface area contributed by atoms with Crippen molar-refractivity contribution in [3.05, 3.63) is 42.5 Å². The van der Waals surface area contributed by atoms with Crippen molar-refractivity contribution in [1.82, 2.24) is 10.0 Å². The Kier molecular flexibility index (Phi) is 9.86.